The Balaban J connectivity index is 2.21. The molecule has 5 heteroatoms. The Bertz CT molecular complexity index is 487. The van der Waals surface area contributed by atoms with E-state index in [2.05, 4.69) is 20.2 Å². The second kappa shape index (κ2) is 5.77. The highest BCUT2D eigenvalue weighted by atomic mass is 16.2. The van der Waals surface area contributed by atoms with E-state index in [0.29, 0.717) is 11.6 Å². The summed E-state index contributed by atoms with van der Waals surface area (Å²) in [6.45, 7) is 9.75. The Labute approximate surface area is 120 Å². The highest BCUT2D eigenvalue weighted by molar-refractivity contribution is 5.93. The summed E-state index contributed by atoms with van der Waals surface area (Å²) in [6, 6.07) is 1.74. The van der Waals surface area contributed by atoms with Gasteiger partial charge in [0.1, 0.15) is 5.69 Å². The predicted molar refractivity (Wildman–Crippen MR) is 80.1 cm³/mol. The molecule has 0 atom stereocenters. The number of anilines is 1. The average Bonchev–Trinajstić information content (AvgIpc) is 2.37. The van der Waals surface area contributed by atoms with Gasteiger partial charge in [0.05, 0.1) is 0 Å². The number of hydrogen-bond donors (Lipinski definition) is 1. The van der Waals surface area contributed by atoms with Crippen LogP contribution in [-0.2, 0) is 0 Å². The van der Waals surface area contributed by atoms with E-state index in [1.807, 2.05) is 27.7 Å². The Morgan fingerprint density at radius 2 is 1.85 bits per heavy atom. The molecule has 1 saturated heterocycles. The fourth-order valence-corrected chi connectivity index (χ4v) is 2.31. The van der Waals surface area contributed by atoms with Crippen molar-refractivity contribution in [2.75, 3.05) is 18.0 Å². The minimum absolute atomic E-state index is 0.138. The quantitative estimate of drug-likeness (QED) is 0.900. The van der Waals surface area contributed by atoms with Crippen molar-refractivity contribution < 1.29 is 4.79 Å². The van der Waals surface area contributed by atoms with Gasteiger partial charge in [0.2, 0.25) is 5.95 Å². The van der Waals surface area contributed by atoms with Crippen LogP contribution in [0.5, 0.6) is 0 Å². The molecule has 1 fully saturated rings. The summed E-state index contributed by atoms with van der Waals surface area (Å²) >= 11 is 0. The molecule has 110 valence electrons. The molecule has 5 nitrogen and oxygen atoms in total. The molecule has 2 rings (SSSR count). The predicted octanol–water partition coefficient (Wildman–Crippen LogP) is 2.30. The molecule has 0 bridgehead atoms. The first kappa shape index (κ1) is 14.8. The number of rotatable bonds is 2. The van der Waals surface area contributed by atoms with E-state index in [1.54, 1.807) is 6.07 Å². The Kier molecular flexibility index (Phi) is 4.26. The number of carbonyl (C=O) groups is 1. The maximum atomic E-state index is 12.2. The summed E-state index contributed by atoms with van der Waals surface area (Å²) in [7, 11) is 0. The van der Waals surface area contributed by atoms with E-state index >= 15 is 0 Å². The van der Waals surface area contributed by atoms with E-state index in [4.69, 9.17) is 0 Å². The van der Waals surface area contributed by atoms with Crippen molar-refractivity contribution in [3.05, 3.63) is 17.5 Å². The minimum Gasteiger partial charge on any atom is -0.346 e. The van der Waals surface area contributed by atoms with Crippen LogP contribution < -0.4 is 10.2 Å². The van der Waals surface area contributed by atoms with Crippen molar-refractivity contribution in [1.29, 1.82) is 0 Å². The second-order valence-electron chi connectivity index (χ2n) is 6.45. The van der Waals surface area contributed by atoms with Gasteiger partial charge in [-0.05, 0) is 53.0 Å². The van der Waals surface area contributed by atoms with E-state index < -0.39 is 0 Å². The summed E-state index contributed by atoms with van der Waals surface area (Å²) in [5, 5.41) is 2.95. The third-order valence-electron chi connectivity index (χ3n) is 3.20. The molecule has 0 saturated carbocycles. The van der Waals surface area contributed by atoms with Gasteiger partial charge in [0.25, 0.3) is 5.91 Å². The molecule has 20 heavy (non-hydrogen) atoms. The smallest absolute Gasteiger partial charge is 0.270 e. The van der Waals surface area contributed by atoms with Crippen LogP contribution in [0.15, 0.2) is 6.07 Å². The van der Waals surface area contributed by atoms with Gasteiger partial charge in [-0.25, -0.2) is 9.97 Å². The molecular weight excluding hydrogens is 252 g/mol. The number of amides is 1. The summed E-state index contributed by atoms with van der Waals surface area (Å²) in [5.74, 6) is 0.546. The lowest BCUT2D eigenvalue weighted by Gasteiger charge is -2.27. The number of piperidine rings is 1. The van der Waals surface area contributed by atoms with Crippen LogP contribution in [0.1, 0.15) is 56.2 Å². The largest absolute Gasteiger partial charge is 0.346 e. The van der Waals surface area contributed by atoms with E-state index in [9.17, 15) is 4.79 Å². The van der Waals surface area contributed by atoms with Gasteiger partial charge in [0, 0.05) is 24.3 Å². The van der Waals surface area contributed by atoms with Gasteiger partial charge in [-0.3, -0.25) is 4.79 Å². The molecule has 0 spiro atoms. The first-order valence-electron chi connectivity index (χ1n) is 7.28. The third kappa shape index (κ3) is 3.92. The highest BCUT2D eigenvalue weighted by Crippen LogP contribution is 2.17. The zero-order valence-corrected chi connectivity index (χ0v) is 12.9. The zero-order chi connectivity index (χ0) is 14.8. The molecule has 1 aliphatic rings. The number of carbonyl (C=O) groups excluding carboxylic acids is 1. The van der Waals surface area contributed by atoms with Gasteiger partial charge in [0.15, 0.2) is 0 Å². The van der Waals surface area contributed by atoms with Crippen LogP contribution in [0.2, 0.25) is 0 Å². The van der Waals surface area contributed by atoms with Gasteiger partial charge in [-0.15, -0.1) is 0 Å². The molecule has 1 aromatic rings. The van der Waals surface area contributed by atoms with Crippen molar-refractivity contribution in [3.63, 3.8) is 0 Å². The number of aryl methyl sites for hydroxylation is 1. The molecule has 1 N–H and O–H groups in total. The molecule has 1 amide bonds. The van der Waals surface area contributed by atoms with E-state index in [1.165, 1.54) is 19.3 Å². The third-order valence-corrected chi connectivity index (χ3v) is 3.20. The Morgan fingerprint density at radius 3 is 2.45 bits per heavy atom. The Hall–Kier alpha value is -1.65. The monoisotopic (exact) mass is 276 g/mol. The van der Waals surface area contributed by atoms with Crippen LogP contribution in [0.25, 0.3) is 0 Å². The second-order valence-corrected chi connectivity index (χ2v) is 6.45. The topological polar surface area (TPSA) is 58.1 Å². The lowest BCUT2D eigenvalue weighted by atomic mass is 10.1. The molecule has 0 aliphatic carbocycles. The molecule has 2 heterocycles. The molecule has 1 aromatic heterocycles. The van der Waals surface area contributed by atoms with Gasteiger partial charge >= 0.3 is 0 Å². The van der Waals surface area contributed by atoms with Gasteiger partial charge in [-0.2, -0.15) is 0 Å². The SMILES string of the molecule is Cc1cc(C(=O)NC(C)(C)C)nc(N2CCCCC2)n1. The molecule has 1 aliphatic heterocycles. The summed E-state index contributed by atoms with van der Waals surface area (Å²) in [5.41, 5.74) is 1.02. The van der Waals surface area contributed by atoms with Crippen molar-refractivity contribution in [2.24, 2.45) is 0 Å². The van der Waals surface area contributed by atoms with Crippen molar-refractivity contribution in [2.45, 2.75) is 52.5 Å². The van der Waals surface area contributed by atoms with Gasteiger partial charge < -0.3 is 10.2 Å². The molecule has 0 radical (unpaired) electrons. The van der Waals surface area contributed by atoms with Crippen LogP contribution in [-0.4, -0.2) is 34.5 Å². The number of nitrogens with one attached hydrogen (secondary N) is 1. The van der Waals surface area contributed by atoms with E-state index in [0.717, 1.165) is 18.8 Å². The lowest BCUT2D eigenvalue weighted by Crippen LogP contribution is -2.41. The Morgan fingerprint density at radius 1 is 1.20 bits per heavy atom. The lowest BCUT2D eigenvalue weighted by molar-refractivity contribution is 0.0914. The minimum atomic E-state index is -0.263. The number of nitrogens with zero attached hydrogens (tertiary/aromatic N) is 3. The average molecular weight is 276 g/mol. The summed E-state index contributed by atoms with van der Waals surface area (Å²) in [6.07, 6.45) is 3.60. The van der Waals surface area contributed by atoms with Crippen molar-refractivity contribution in [1.82, 2.24) is 15.3 Å². The summed E-state index contributed by atoms with van der Waals surface area (Å²) < 4.78 is 0. The number of hydrogen-bond acceptors (Lipinski definition) is 4. The zero-order valence-electron chi connectivity index (χ0n) is 12.9. The molecule has 0 aromatic carbocycles. The fraction of sp³-hybridized carbons (Fsp3) is 0.667. The first-order chi connectivity index (χ1) is 9.35. The maximum Gasteiger partial charge on any atom is 0.270 e. The van der Waals surface area contributed by atoms with E-state index in [-0.39, 0.29) is 11.4 Å². The molecule has 0 unspecified atom stereocenters. The normalized spacial score (nSPS) is 16.1. The van der Waals surface area contributed by atoms with Crippen LogP contribution >= 0.6 is 0 Å². The highest BCUT2D eigenvalue weighted by Gasteiger charge is 2.20. The number of aromatic nitrogens is 2. The standard InChI is InChI=1S/C15H24N4O/c1-11-10-12(13(20)18-15(2,3)4)17-14(16-11)19-8-6-5-7-9-19/h10H,5-9H2,1-4H3,(H,18,20). The van der Waals surface area contributed by atoms with Crippen LogP contribution in [0.4, 0.5) is 5.95 Å². The van der Waals surface area contributed by atoms with Crippen molar-refractivity contribution >= 4 is 11.9 Å². The van der Waals surface area contributed by atoms with Crippen LogP contribution in [0.3, 0.4) is 0 Å². The first-order valence-corrected chi connectivity index (χ1v) is 7.28. The van der Waals surface area contributed by atoms with Crippen LogP contribution in [0, 0.1) is 6.92 Å². The molecular formula is C15H24N4O. The maximum absolute atomic E-state index is 12.2. The van der Waals surface area contributed by atoms with Crippen molar-refractivity contribution in [3.8, 4) is 0 Å². The summed E-state index contributed by atoms with van der Waals surface area (Å²) in [4.78, 5) is 23.3. The fourth-order valence-electron chi connectivity index (χ4n) is 2.31. The van der Waals surface area contributed by atoms with Gasteiger partial charge in [-0.1, -0.05) is 0 Å².